The van der Waals surface area contributed by atoms with E-state index >= 15 is 0 Å². The predicted octanol–water partition coefficient (Wildman–Crippen LogP) is 5.55. The number of esters is 1. The molecule has 3 aromatic rings. The molecule has 1 N–H and O–H groups in total. The van der Waals surface area contributed by atoms with E-state index in [1.54, 1.807) is 6.92 Å². The molecule has 2 aromatic carbocycles. The number of carbonyl (C=O) groups is 2. The number of anilines is 1. The van der Waals surface area contributed by atoms with Gasteiger partial charge >= 0.3 is 5.97 Å². The molecule has 0 aliphatic carbocycles. The summed E-state index contributed by atoms with van der Waals surface area (Å²) in [4.78, 5) is 27.4. The lowest BCUT2D eigenvalue weighted by atomic mass is 9.90. The number of amides is 1. The molecule has 0 spiro atoms. The third-order valence-corrected chi connectivity index (χ3v) is 6.65. The molecule has 5 nitrogen and oxygen atoms in total. The Morgan fingerprint density at radius 1 is 1.06 bits per heavy atom. The summed E-state index contributed by atoms with van der Waals surface area (Å²) >= 11 is 1.40. The first kappa shape index (κ1) is 22.2. The molecule has 32 heavy (non-hydrogen) atoms. The van der Waals surface area contributed by atoms with Crippen LogP contribution in [0.4, 0.5) is 5.00 Å². The number of hydrogen-bond acceptors (Lipinski definition) is 5. The van der Waals surface area contributed by atoms with Crippen molar-refractivity contribution in [2.45, 2.75) is 45.3 Å². The fraction of sp³-hybridized carbons (Fsp3) is 0.308. The third-order valence-electron chi connectivity index (χ3n) is 5.53. The van der Waals surface area contributed by atoms with E-state index in [1.807, 2.05) is 74.5 Å². The van der Waals surface area contributed by atoms with E-state index in [-0.39, 0.29) is 18.1 Å². The van der Waals surface area contributed by atoms with Crippen LogP contribution in [-0.2, 0) is 27.3 Å². The minimum absolute atomic E-state index is 0.188. The fourth-order valence-corrected chi connectivity index (χ4v) is 5.15. The van der Waals surface area contributed by atoms with Gasteiger partial charge in [-0.3, -0.25) is 4.79 Å². The fourth-order valence-electron chi connectivity index (χ4n) is 4.03. The summed E-state index contributed by atoms with van der Waals surface area (Å²) in [6.45, 7) is 6.47. The van der Waals surface area contributed by atoms with Gasteiger partial charge in [-0.05, 0) is 37.5 Å². The van der Waals surface area contributed by atoms with E-state index in [2.05, 4.69) is 5.32 Å². The first-order chi connectivity index (χ1) is 15.4. The van der Waals surface area contributed by atoms with Crippen molar-refractivity contribution in [1.29, 1.82) is 0 Å². The summed E-state index contributed by atoms with van der Waals surface area (Å²) in [5, 5.41) is 3.58. The Kier molecular flexibility index (Phi) is 6.44. The van der Waals surface area contributed by atoms with Crippen LogP contribution in [0, 0.1) is 0 Å². The molecule has 1 aliphatic rings. The summed E-state index contributed by atoms with van der Waals surface area (Å²) in [5.41, 5.74) is 2.76. The smallest absolute Gasteiger partial charge is 0.341 e. The third kappa shape index (κ3) is 4.61. The number of nitrogens with one attached hydrogen (secondary N) is 1. The van der Waals surface area contributed by atoms with E-state index in [4.69, 9.17) is 9.47 Å². The van der Waals surface area contributed by atoms with Crippen molar-refractivity contribution in [2.75, 3.05) is 11.9 Å². The van der Waals surface area contributed by atoms with Crippen LogP contribution >= 0.6 is 11.3 Å². The molecular formula is C26H27NO4S. The molecule has 166 valence electrons. The first-order valence-electron chi connectivity index (χ1n) is 10.8. The monoisotopic (exact) mass is 449 g/mol. The summed E-state index contributed by atoms with van der Waals surface area (Å²) in [7, 11) is 0. The Morgan fingerprint density at radius 2 is 1.66 bits per heavy atom. The van der Waals surface area contributed by atoms with E-state index in [1.165, 1.54) is 11.3 Å². The lowest BCUT2D eigenvalue weighted by molar-refractivity contribution is -0.116. The second kappa shape index (κ2) is 9.27. The van der Waals surface area contributed by atoms with Crippen molar-refractivity contribution in [2.24, 2.45) is 0 Å². The number of fused-ring (bicyclic) bond motifs is 1. The van der Waals surface area contributed by atoms with Gasteiger partial charge < -0.3 is 14.8 Å². The number of carbonyl (C=O) groups excluding carboxylic acids is 2. The number of hydrogen-bond donors (Lipinski definition) is 1. The topological polar surface area (TPSA) is 64.6 Å². The summed E-state index contributed by atoms with van der Waals surface area (Å²) in [6.07, 6.45) is 0.587. The zero-order valence-electron chi connectivity index (χ0n) is 18.5. The van der Waals surface area contributed by atoms with Crippen LogP contribution in [0.5, 0.6) is 0 Å². The van der Waals surface area contributed by atoms with Gasteiger partial charge in [0.25, 0.3) is 0 Å². The van der Waals surface area contributed by atoms with E-state index in [0.717, 1.165) is 21.6 Å². The van der Waals surface area contributed by atoms with Gasteiger partial charge in [0, 0.05) is 11.3 Å². The predicted molar refractivity (Wildman–Crippen MR) is 126 cm³/mol. The molecule has 0 saturated heterocycles. The lowest BCUT2D eigenvalue weighted by Crippen LogP contribution is -2.32. The highest BCUT2D eigenvalue weighted by Gasteiger charge is 2.35. The maximum absolute atomic E-state index is 13.6. The highest BCUT2D eigenvalue weighted by atomic mass is 32.1. The van der Waals surface area contributed by atoms with Crippen LogP contribution < -0.4 is 5.32 Å². The zero-order chi connectivity index (χ0) is 22.7. The average molecular weight is 450 g/mol. The largest absolute Gasteiger partial charge is 0.462 e. The first-order valence-corrected chi connectivity index (χ1v) is 11.6. The molecule has 1 amide bonds. The van der Waals surface area contributed by atoms with Crippen LogP contribution in [0.25, 0.3) is 0 Å². The normalized spacial score (nSPS) is 14.6. The van der Waals surface area contributed by atoms with Crippen molar-refractivity contribution in [3.63, 3.8) is 0 Å². The summed E-state index contributed by atoms with van der Waals surface area (Å²) in [5.74, 6) is -1.10. The van der Waals surface area contributed by atoms with Crippen molar-refractivity contribution in [3.8, 4) is 0 Å². The molecule has 0 unspecified atom stereocenters. The van der Waals surface area contributed by atoms with E-state index in [0.29, 0.717) is 23.6 Å². The Balaban J connectivity index is 1.73. The maximum Gasteiger partial charge on any atom is 0.341 e. The molecule has 0 bridgehead atoms. The molecule has 0 atom stereocenters. The molecule has 6 heteroatoms. The average Bonchev–Trinajstić information content (AvgIpc) is 3.11. The van der Waals surface area contributed by atoms with Gasteiger partial charge in [0.05, 0.1) is 30.3 Å². The quantitative estimate of drug-likeness (QED) is 0.502. The second-order valence-corrected chi connectivity index (χ2v) is 9.50. The zero-order valence-corrected chi connectivity index (χ0v) is 19.3. The standard InChI is InChI=1S/C26H27NO4S/c1-4-30-25(29)22-19-15-26(2,3)31-16-20(19)32-24(22)27-23(28)21(17-11-7-5-8-12-17)18-13-9-6-10-14-18/h5-14,21H,4,15-16H2,1-3H3,(H,27,28). The van der Waals surface area contributed by atoms with Crippen molar-refractivity contribution in [1.82, 2.24) is 0 Å². The van der Waals surface area contributed by atoms with Gasteiger partial charge in [-0.15, -0.1) is 11.3 Å². The molecule has 4 rings (SSSR count). The highest BCUT2D eigenvalue weighted by Crippen LogP contribution is 2.41. The SMILES string of the molecule is CCOC(=O)c1c(NC(=O)C(c2ccccc2)c2ccccc2)sc2c1CC(C)(C)OC2. The Morgan fingerprint density at radius 3 is 2.22 bits per heavy atom. The Hall–Kier alpha value is -2.96. The summed E-state index contributed by atoms with van der Waals surface area (Å²) in [6, 6.07) is 19.3. The second-order valence-electron chi connectivity index (χ2n) is 8.40. The van der Waals surface area contributed by atoms with Crippen molar-refractivity contribution < 1.29 is 19.1 Å². The minimum atomic E-state index is -0.501. The molecular weight excluding hydrogens is 422 g/mol. The summed E-state index contributed by atoms with van der Waals surface area (Å²) < 4.78 is 11.3. The Labute approximate surface area is 192 Å². The molecule has 2 heterocycles. The minimum Gasteiger partial charge on any atom is -0.462 e. The van der Waals surface area contributed by atoms with E-state index < -0.39 is 11.9 Å². The number of ether oxygens (including phenoxy) is 2. The molecule has 0 fully saturated rings. The molecule has 1 aliphatic heterocycles. The van der Waals surface area contributed by atoms with E-state index in [9.17, 15) is 9.59 Å². The van der Waals surface area contributed by atoms with Crippen LogP contribution in [0.15, 0.2) is 60.7 Å². The Bertz CT molecular complexity index is 1070. The van der Waals surface area contributed by atoms with Crippen molar-refractivity contribution in [3.05, 3.63) is 87.8 Å². The van der Waals surface area contributed by atoms with Gasteiger partial charge in [0.2, 0.25) is 5.91 Å². The van der Waals surface area contributed by atoms with Gasteiger partial charge in [-0.2, -0.15) is 0 Å². The van der Waals surface area contributed by atoms with Crippen LogP contribution in [0.3, 0.4) is 0 Å². The van der Waals surface area contributed by atoms with Crippen LogP contribution in [0.1, 0.15) is 58.6 Å². The maximum atomic E-state index is 13.6. The molecule has 0 radical (unpaired) electrons. The highest BCUT2D eigenvalue weighted by molar-refractivity contribution is 7.17. The molecule has 0 saturated carbocycles. The number of thiophene rings is 1. The van der Waals surface area contributed by atoms with Gasteiger partial charge in [0.1, 0.15) is 5.00 Å². The van der Waals surface area contributed by atoms with Crippen LogP contribution in [-0.4, -0.2) is 24.1 Å². The molecule has 1 aromatic heterocycles. The van der Waals surface area contributed by atoms with Crippen molar-refractivity contribution >= 4 is 28.2 Å². The van der Waals surface area contributed by atoms with Gasteiger partial charge in [-0.25, -0.2) is 4.79 Å². The number of benzene rings is 2. The van der Waals surface area contributed by atoms with Gasteiger partial charge in [-0.1, -0.05) is 60.7 Å². The number of rotatable bonds is 6. The lowest BCUT2D eigenvalue weighted by Gasteiger charge is -2.30. The van der Waals surface area contributed by atoms with Crippen LogP contribution in [0.2, 0.25) is 0 Å². The van der Waals surface area contributed by atoms with Gasteiger partial charge in [0.15, 0.2) is 0 Å².